The van der Waals surface area contributed by atoms with Gasteiger partial charge in [-0.05, 0) is 64.3 Å². The van der Waals surface area contributed by atoms with Crippen molar-refractivity contribution >= 4 is 23.3 Å². The van der Waals surface area contributed by atoms with Crippen molar-refractivity contribution in [2.24, 2.45) is 0 Å². The molecule has 0 saturated heterocycles. The van der Waals surface area contributed by atoms with Crippen LogP contribution in [0.4, 0.5) is 11.4 Å². The highest BCUT2D eigenvalue weighted by Gasteiger charge is 2.37. The SMILES string of the molecule is CCC1Nc2cc(C)c(C)cc2N(C(C)C(=O)OC(C)C)C1=O. The lowest BCUT2D eigenvalue weighted by Crippen LogP contribution is -2.53. The molecule has 5 heteroatoms. The number of esters is 1. The minimum absolute atomic E-state index is 0.0866. The van der Waals surface area contributed by atoms with E-state index < -0.39 is 6.04 Å². The van der Waals surface area contributed by atoms with E-state index in [9.17, 15) is 9.59 Å². The van der Waals surface area contributed by atoms with Crippen molar-refractivity contribution in [2.45, 2.75) is 66.2 Å². The molecule has 1 N–H and O–H groups in total. The smallest absolute Gasteiger partial charge is 0.329 e. The van der Waals surface area contributed by atoms with E-state index in [0.29, 0.717) is 6.42 Å². The van der Waals surface area contributed by atoms with E-state index in [1.807, 2.05) is 32.9 Å². The van der Waals surface area contributed by atoms with Crippen molar-refractivity contribution in [1.29, 1.82) is 0 Å². The molecular weight excluding hydrogens is 292 g/mol. The molecule has 0 fully saturated rings. The highest BCUT2D eigenvalue weighted by Crippen LogP contribution is 2.36. The van der Waals surface area contributed by atoms with Crippen LogP contribution in [-0.4, -0.2) is 30.1 Å². The van der Waals surface area contributed by atoms with Crippen LogP contribution in [0.25, 0.3) is 0 Å². The Morgan fingerprint density at radius 1 is 1.26 bits per heavy atom. The van der Waals surface area contributed by atoms with Gasteiger partial charge in [-0.3, -0.25) is 9.69 Å². The fraction of sp³-hybridized carbons (Fsp3) is 0.556. The van der Waals surface area contributed by atoms with Crippen molar-refractivity contribution in [3.63, 3.8) is 0 Å². The highest BCUT2D eigenvalue weighted by atomic mass is 16.5. The summed E-state index contributed by atoms with van der Waals surface area (Å²) in [5.41, 5.74) is 3.88. The maximum atomic E-state index is 12.8. The number of hydrogen-bond donors (Lipinski definition) is 1. The van der Waals surface area contributed by atoms with Crippen molar-refractivity contribution in [1.82, 2.24) is 0 Å². The van der Waals surface area contributed by atoms with Crippen LogP contribution in [0.3, 0.4) is 0 Å². The van der Waals surface area contributed by atoms with Gasteiger partial charge in [-0.2, -0.15) is 0 Å². The Morgan fingerprint density at radius 2 is 1.87 bits per heavy atom. The van der Waals surface area contributed by atoms with Crippen LogP contribution in [0.5, 0.6) is 0 Å². The predicted octanol–water partition coefficient (Wildman–Crippen LogP) is 3.18. The van der Waals surface area contributed by atoms with Crippen LogP contribution in [0, 0.1) is 13.8 Å². The Bertz CT molecular complexity index is 625. The number of aryl methyl sites for hydroxylation is 2. The molecular formula is C18H26N2O3. The van der Waals surface area contributed by atoms with Gasteiger partial charge in [0.1, 0.15) is 12.1 Å². The number of carbonyl (C=O) groups is 2. The molecule has 0 saturated carbocycles. The summed E-state index contributed by atoms with van der Waals surface area (Å²) in [4.78, 5) is 26.7. The maximum absolute atomic E-state index is 12.8. The van der Waals surface area contributed by atoms with Gasteiger partial charge in [-0.1, -0.05) is 6.92 Å². The van der Waals surface area contributed by atoms with E-state index >= 15 is 0 Å². The Balaban J connectivity index is 2.46. The molecule has 1 aromatic rings. The van der Waals surface area contributed by atoms with Gasteiger partial charge in [0.15, 0.2) is 0 Å². The normalized spacial score (nSPS) is 18.5. The summed E-state index contributed by atoms with van der Waals surface area (Å²) >= 11 is 0. The van der Waals surface area contributed by atoms with Crippen molar-refractivity contribution in [3.05, 3.63) is 23.3 Å². The fourth-order valence-corrected chi connectivity index (χ4v) is 2.76. The van der Waals surface area contributed by atoms with Crippen LogP contribution in [-0.2, 0) is 14.3 Å². The lowest BCUT2D eigenvalue weighted by atomic mass is 10.0. The first-order valence-electron chi connectivity index (χ1n) is 8.17. The van der Waals surface area contributed by atoms with Gasteiger partial charge >= 0.3 is 5.97 Å². The second-order valence-electron chi connectivity index (χ2n) is 6.43. The summed E-state index contributed by atoms with van der Waals surface area (Å²) in [6, 6.07) is 3.02. The standard InChI is InChI=1S/C18H26N2O3/c1-7-14-17(21)20(13(6)18(22)23-10(2)3)16-9-12(5)11(4)8-15(16)19-14/h8-10,13-14,19H,7H2,1-6H3. The number of anilines is 2. The molecule has 0 bridgehead atoms. The number of hydrogen-bond acceptors (Lipinski definition) is 4. The first-order chi connectivity index (χ1) is 10.8. The van der Waals surface area contributed by atoms with Gasteiger partial charge in [-0.15, -0.1) is 0 Å². The van der Waals surface area contributed by atoms with E-state index in [0.717, 1.165) is 22.5 Å². The average Bonchev–Trinajstić information content (AvgIpc) is 2.47. The van der Waals surface area contributed by atoms with Gasteiger partial charge in [0, 0.05) is 0 Å². The highest BCUT2D eigenvalue weighted by molar-refractivity contribution is 6.08. The molecule has 23 heavy (non-hydrogen) atoms. The molecule has 0 radical (unpaired) electrons. The van der Waals surface area contributed by atoms with Gasteiger partial charge in [0.05, 0.1) is 17.5 Å². The summed E-state index contributed by atoms with van der Waals surface area (Å²) in [5, 5.41) is 3.29. The lowest BCUT2D eigenvalue weighted by molar-refractivity contribution is -0.149. The molecule has 0 spiro atoms. The van der Waals surface area contributed by atoms with Crippen molar-refractivity contribution < 1.29 is 14.3 Å². The average molecular weight is 318 g/mol. The molecule has 2 unspecified atom stereocenters. The zero-order chi connectivity index (χ0) is 17.3. The second-order valence-corrected chi connectivity index (χ2v) is 6.43. The van der Waals surface area contributed by atoms with E-state index in [-0.39, 0.29) is 24.0 Å². The van der Waals surface area contributed by atoms with Crippen molar-refractivity contribution in [3.8, 4) is 0 Å². The molecule has 0 aromatic heterocycles. The van der Waals surface area contributed by atoms with Crippen LogP contribution >= 0.6 is 0 Å². The second kappa shape index (κ2) is 6.60. The quantitative estimate of drug-likeness (QED) is 0.866. The largest absolute Gasteiger partial charge is 0.461 e. The van der Waals surface area contributed by atoms with Gasteiger partial charge < -0.3 is 10.1 Å². The molecule has 1 aliphatic heterocycles. The topological polar surface area (TPSA) is 58.6 Å². The Labute approximate surface area is 138 Å². The Kier molecular flexibility index (Phi) is 4.97. The van der Waals surface area contributed by atoms with Crippen LogP contribution in [0.2, 0.25) is 0 Å². The van der Waals surface area contributed by atoms with Gasteiger partial charge in [0.2, 0.25) is 5.91 Å². The van der Waals surface area contributed by atoms with Gasteiger partial charge in [0.25, 0.3) is 0 Å². The zero-order valence-corrected chi connectivity index (χ0v) is 14.8. The third-order valence-electron chi connectivity index (χ3n) is 4.23. The van der Waals surface area contributed by atoms with E-state index in [1.54, 1.807) is 25.7 Å². The van der Waals surface area contributed by atoms with E-state index in [4.69, 9.17) is 4.74 Å². The summed E-state index contributed by atoms with van der Waals surface area (Å²) < 4.78 is 5.30. The monoisotopic (exact) mass is 318 g/mol. The first-order valence-corrected chi connectivity index (χ1v) is 8.17. The molecule has 2 rings (SSSR count). The summed E-state index contributed by atoms with van der Waals surface area (Å²) in [6.07, 6.45) is 0.456. The number of ether oxygens (including phenoxy) is 1. The molecule has 1 heterocycles. The number of fused-ring (bicyclic) bond motifs is 1. The van der Waals surface area contributed by atoms with Gasteiger partial charge in [-0.25, -0.2) is 4.79 Å². The lowest BCUT2D eigenvalue weighted by Gasteiger charge is -2.38. The third kappa shape index (κ3) is 3.33. The molecule has 5 nitrogen and oxygen atoms in total. The molecule has 1 aliphatic rings. The number of amides is 1. The molecule has 1 aromatic carbocycles. The van der Waals surface area contributed by atoms with Crippen LogP contribution < -0.4 is 10.2 Å². The first kappa shape index (κ1) is 17.3. The van der Waals surface area contributed by atoms with E-state index in [2.05, 4.69) is 5.32 Å². The molecule has 126 valence electrons. The summed E-state index contributed by atoms with van der Waals surface area (Å²) in [5.74, 6) is -0.467. The van der Waals surface area contributed by atoms with Crippen molar-refractivity contribution in [2.75, 3.05) is 10.2 Å². The number of carbonyl (C=O) groups excluding carboxylic acids is 2. The minimum atomic E-state index is -0.651. The third-order valence-corrected chi connectivity index (χ3v) is 4.23. The Morgan fingerprint density at radius 3 is 2.43 bits per heavy atom. The maximum Gasteiger partial charge on any atom is 0.329 e. The Hall–Kier alpha value is -2.04. The number of nitrogens with one attached hydrogen (secondary N) is 1. The molecule has 0 aliphatic carbocycles. The van der Waals surface area contributed by atoms with Crippen LogP contribution in [0.1, 0.15) is 45.2 Å². The fourth-order valence-electron chi connectivity index (χ4n) is 2.76. The van der Waals surface area contributed by atoms with E-state index in [1.165, 1.54) is 0 Å². The molecule has 1 amide bonds. The van der Waals surface area contributed by atoms with Crippen LogP contribution in [0.15, 0.2) is 12.1 Å². The minimum Gasteiger partial charge on any atom is -0.461 e. The predicted molar refractivity (Wildman–Crippen MR) is 91.8 cm³/mol. The number of rotatable bonds is 4. The summed E-state index contributed by atoms with van der Waals surface area (Å²) in [6.45, 7) is 11.3. The number of benzene rings is 1. The summed E-state index contributed by atoms with van der Waals surface area (Å²) in [7, 11) is 0. The zero-order valence-electron chi connectivity index (χ0n) is 14.8. The molecule has 2 atom stereocenters. The number of nitrogens with zero attached hydrogens (tertiary/aromatic N) is 1.